The van der Waals surface area contributed by atoms with Crippen molar-refractivity contribution in [3.05, 3.63) is 28.2 Å². The zero-order chi connectivity index (χ0) is 20.4. The number of aliphatic imine (C=N–C) groups is 1. The van der Waals surface area contributed by atoms with Crippen molar-refractivity contribution in [3.8, 4) is 0 Å². The second-order valence-corrected chi connectivity index (χ2v) is 8.09. The van der Waals surface area contributed by atoms with Crippen LogP contribution in [0.2, 0.25) is 0 Å². The first kappa shape index (κ1) is 23.0. The van der Waals surface area contributed by atoms with Gasteiger partial charge in [-0.25, -0.2) is 4.99 Å². The number of carbonyl (C=O) groups is 2. The Kier molecular flexibility index (Phi) is 9.28. The number of nitrogens with zero attached hydrogens (tertiary/aromatic N) is 1. The van der Waals surface area contributed by atoms with Crippen LogP contribution in [0.1, 0.15) is 39.7 Å². The average molecular weight is 440 g/mol. The van der Waals surface area contributed by atoms with Crippen LogP contribution in [0.5, 0.6) is 0 Å². The van der Waals surface area contributed by atoms with Crippen molar-refractivity contribution in [1.82, 2.24) is 16.0 Å². The maximum absolute atomic E-state index is 12.1. The topological polar surface area (TPSA) is 94.6 Å². The molecule has 0 aliphatic heterocycles. The number of anilines is 1. The first-order valence-electron chi connectivity index (χ1n) is 9.00. The van der Waals surface area contributed by atoms with Gasteiger partial charge in [0.05, 0.1) is 0 Å². The van der Waals surface area contributed by atoms with Gasteiger partial charge in [-0.3, -0.25) is 9.59 Å². The van der Waals surface area contributed by atoms with Crippen molar-refractivity contribution < 1.29 is 9.59 Å². The molecule has 1 aromatic rings. The molecule has 1 aromatic carbocycles. The summed E-state index contributed by atoms with van der Waals surface area (Å²) >= 11 is 3.40. The number of guanidine groups is 1. The number of hydrogen-bond acceptors (Lipinski definition) is 3. The van der Waals surface area contributed by atoms with Gasteiger partial charge in [-0.05, 0) is 52.3 Å². The van der Waals surface area contributed by atoms with Gasteiger partial charge in [-0.1, -0.05) is 22.0 Å². The fourth-order valence-electron chi connectivity index (χ4n) is 2.19. The molecule has 0 unspecified atom stereocenters. The lowest BCUT2D eigenvalue weighted by molar-refractivity contribution is -0.121. The van der Waals surface area contributed by atoms with Gasteiger partial charge in [0, 0.05) is 35.2 Å². The number of benzene rings is 1. The minimum atomic E-state index is -0.291. The molecule has 0 heterocycles. The van der Waals surface area contributed by atoms with Crippen LogP contribution in [0, 0.1) is 6.92 Å². The number of carbonyl (C=O) groups excluding carboxylic acids is 2. The molecular weight excluding hydrogens is 410 g/mol. The van der Waals surface area contributed by atoms with E-state index in [1.165, 1.54) is 0 Å². The number of aryl methyl sites for hydroxylation is 1. The zero-order valence-electron chi connectivity index (χ0n) is 16.7. The monoisotopic (exact) mass is 439 g/mol. The Morgan fingerprint density at radius 2 is 1.85 bits per heavy atom. The van der Waals surface area contributed by atoms with E-state index in [-0.39, 0.29) is 30.3 Å². The molecule has 0 aliphatic carbocycles. The van der Waals surface area contributed by atoms with E-state index >= 15 is 0 Å². The predicted octanol–water partition coefficient (Wildman–Crippen LogP) is 2.56. The van der Waals surface area contributed by atoms with Gasteiger partial charge in [-0.2, -0.15) is 0 Å². The van der Waals surface area contributed by atoms with Gasteiger partial charge in [-0.15, -0.1) is 0 Å². The molecule has 4 N–H and O–H groups in total. The highest BCUT2D eigenvalue weighted by Gasteiger charge is 2.13. The van der Waals surface area contributed by atoms with Crippen molar-refractivity contribution in [2.45, 2.75) is 46.6 Å². The maximum Gasteiger partial charge on any atom is 0.242 e. The van der Waals surface area contributed by atoms with Crippen LogP contribution in [-0.4, -0.2) is 42.9 Å². The maximum atomic E-state index is 12.1. The van der Waals surface area contributed by atoms with Crippen molar-refractivity contribution in [3.63, 3.8) is 0 Å². The van der Waals surface area contributed by atoms with Crippen LogP contribution in [0.25, 0.3) is 0 Å². The molecule has 0 fully saturated rings. The standard InChI is InChI=1S/C19H30BrN5O2/c1-6-21-18(23-12-17(27)25-19(3,4)5)22-10-9-16(26)24-15-11-14(20)8-7-13(15)2/h7-8,11H,6,9-10,12H2,1-5H3,(H,24,26)(H,25,27)(H2,21,22,23). The van der Waals surface area contributed by atoms with E-state index in [2.05, 4.69) is 42.2 Å². The molecule has 8 heteroatoms. The van der Waals surface area contributed by atoms with Crippen LogP contribution in [0.15, 0.2) is 27.7 Å². The number of halogens is 1. The molecule has 0 radical (unpaired) electrons. The molecular formula is C19H30BrN5O2. The summed E-state index contributed by atoms with van der Waals surface area (Å²) in [5.41, 5.74) is 1.49. The second-order valence-electron chi connectivity index (χ2n) is 7.18. The second kappa shape index (κ2) is 10.9. The van der Waals surface area contributed by atoms with Crippen LogP contribution in [0.3, 0.4) is 0 Å². The van der Waals surface area contributed by atoms with Gasteiger partial charge < -0.3 is 21.3 Å². The molecule has 7 nitrogen and oxygen atoms in total. The van der Waals surface area contributed by atoms with E-state index in [1.807, 2.05) is 52.8 Å². The van der Waals surface area contributed by atoms with Gasteiger partial charge in [0.1, 0.15) is 6.54 Å². The third kappa shape index (κ3) is 9.98. The quantitative estimate of drug-likeness (QED) is 0.387. The van der Waals surface area contributed by atoms with Gasteiger partial charge in [0.25, 0.3) is 0 Å². The summed E-state index contributed by atoms with van der Waals surface area (Å²) in [5, 5.41) is 11.9. The first-order chi connectivity index (χ1) is 12.6. The minimum Gasteiger partial charge on any atom is -0.357 e. The van der Waals surface area contributed by atoms with E-state index in [4.69, 9.17) is 0 Å². The molecule has 0 bridgehead atoms. The lowest BCUT2D eigenvalue weighted by Gasteiger charge is -2.20. The van der Waals surface area contributed by atoms with Crippen molar-refractivity contribution in [2.24, 2.45) is 4.99 Å². The molecule has 0 saturated heterocycles. The van der Waals surface area contributed by atoms with Crippen LogP contribution in [0.4, 0.5) is 5.69 Å². The van der Waals surface area contributed by atoms with Gasteiger partial charge >= 0.3 is 0 Å². The minimum absolute atomic E-state index is 0.0238. The van der Waals surface area contributed by atoms with Crippen molar-refractivity contribution in [2.75, 3.05) is 25.0 Å². The normalized spacial score (nSPS) is 11.7. The predicted molar refractivity (Wildman–Crippen MR) is 114 cm³/mol. The van der Waals surface area contributed by atoms with Crippen molar-refractivity contribution >= 4 is 39.4 Å². The summed E-state index contributed by atoms with van der Waals surface area (Å²) in [6, 6.07) is 5.75. The van der Waals surface area contributed by atoms with E-state index in [0.29, 0.717) is 19.0 Å². The number of amides is 2. The number of nitrogens with one attached hydrogen (secondary N) is 4. The van der Waals surface area contributed by atoms with Gasteiger partial charge in [0.15, 0.2) is 5.96 Å². The summed E-state index contributed by atoms with van der Waals surface area (Å²) in [4.78, 5) is 28.3. The van der Waals surface area contributed by atoms with Crippen LogP contribution in [-0.2, 0) is 9.59 Å². The summed E-state index contributed by atoms with van der Waals surface area (Å²) in [6.45, 7) is 10.7. The molecule has 0 atom stereocenters. The Hall–Kier alpha value is -2.09. The molecule has 27 heavy (non-hydrogen) atoms. The Bertz CT molecular complexity index is 683. The third-order valence-electron chi connectivity index (χ3n) is 3.36. The first-order valence-corrected chi connectivity index (χ1v) is 9.79. The Morgan fingerprint density at radius 1 is 1.15 bits per heavy atom. The highest BCUT2D eigenvalue weighted by Crippen LogP contribution is 2.20. The number of rotatable bonds is 7. The summed E-state index contributed by atoms with van der Waals surface area (Å²) < 4.78 is 0.914. The largest absolute Gasteiger partial charge is 0.357 e. The molecule has 0 saturated carbocycles. The Labute approximate surface area is 169 Å². The highest BCUT2D eigenvalue weighted by atomic mass is 79.9. The Morgan fingerprint density at radius 3 is 2.48 bits per heavy atom. The summed E-state index contributed by atoms with van der Waals surface area (Å²) in [6.07, 6.45) is 0.282. The molecule has 1 rings (SSSR count). The fourth-order valence-corrected chi connectivity index (χ4v) is 2.55. The molecule has 2 amide bonds. The number of hydrogen-bond donors (Lipinski definition) is 4. The fraction of sp³-hybridized carbons (Fsp3) is 0.526. The lowest BCUT2D eigenvalue weighted by atomic mass is 10.1. The molecule has 0 aromatic heterocycles. The SMILES string of the molecule is CCNC(=NCC(=O)NC(C)(C)C)NCCC(=O)Nc1cc(Br)ccc1C. The third-order valence-corrected chi connectivity index (χ3v) is 3.85. The van der Waals surface area contributed by atoms with Crippen LogP contribution < -0.4 is 21.3 Å². The molecule has 0 aliphatic rings. The zero-order valence-corrected chi connectivity index (χ0v) is 18.3. The van der Waals surface area contributed by atoms with E-state index in [1.54, 1.807) is 0 Å². The van der Waals surface area contributed by atoms with E-state index in [9.17, 15) is 9.59 Å². The smallest absolute Gasteiger partial charge is 0.242 e. The van der Waals surface area contributed by atoms with E-state index < -0.39 is 0 Å². The summed E-state index contributed by atoms with van der Waals surface area (Å²) in [7, 11) is 0. The average Bonchev–Trinajstić information content (AvgIpc) is 2.54. The summed E-state index contributed by atoms with van der Waals surface area (Å²) in [5.74, 6) is 0.264. The highest BCUT2D eigenvalue weighted by molar-refractivity contribution is 9.10. The lowest BCUT2D eigenvalue weighted by Crippen LogP contribution is -2.43. The van der Waals surface area contributed by atoms with E-state index in [0.717, 1.165) is 15.7 Å². The van der Waals surface area contributed by atoms with Crippen molar-refractivity contribution in [1.29, 1.82) is 0 Å². The van der Waals surface area contributed by atoms with Gasteiger partial charge in [0.2, 0.25) is 11.8 Å². The molecule has 0 spiro atoms. The van der Waals surface area contributed by atoms with Crippen LogP contribution >= 0.6 is 15.9 Å². The molecule has 150 valence electrons. The Balaban J connectivity index is 2.49.